The Labute approximate surface area is 168 Å². The highest BCUT2D eigenvalue weighted by atomic mass is 32.1. The summed E-state index contributed by atoms with van der Waals surface area (Å²) in [4.78, 5) is 17.9. The number of benzene rings is 1. The van der Waals surface area contributed by atoms with Crippen LogP contribution >= 0.6 is 11.3 Å². The predicted molar refractivity (Wildman–Crippen MR) is 109 cm³/mol. The third-order valence-corrected chi connectivity index (χ3v) is 5.62. The SMILES string of the molecule is COc1ccc(-c2nc(C)c(C(=O)NC(C)CCc3ccco3)s2)cc1OC. The van der Waals surface area contributed by atoms with E-state index >= 15 is 0 Å². The second kappa shape index (κ2) is 8.93. The van der Waals surface area contributed by atoms with E-state index in [2.05, 4.69) is 10.3 Å². The van der Waals surface area contributed by atoms with Crippen molar-refractivity contribution in [1.82, 2.24) is 10.3 Å². The van der Waals surface area contributed by atoms with Crippen LogP contribution in [0.25, 0.3) is 10.6 Å². The van der Waals surface area contributed by atoms with E-state index in [-0.39, 0.29) is 11.9 Å². The van der Waals surface area contributed by atoms with Gasteiger partial charge in [-0.3, -0.25) is 4.79 Å². The summed E-state index contributed by atoms with van der Waals surface area (Å²) < 4.78 is 16.0. The van der Waals surface area contributed by atoms with Crippen LogP contribution in [0, 0.1) is 6.92 Å². The van der Waals surface area contributed by atoms with Gasteiger partial charge < -0.3 is 19.2 Å². The second-order valence-corrected chi connectivity index (χ2v) is 7.49. The van der Waals surface area contributed by atoms with E-state index in [0.717, 1.165) is 29.2 Å². The number of hydrogen-bond acceptors (Lipinski definition) is 6. The minimum absolute atomic E-state index is 0.0311. The van der Waals surface area contributed by atoms with Crippen molar-refractivity contribution in [2.75, 3.05) is 14.2 Å². The summed E-state index contributed by atoms with van der Waals surface area (Å²) in [7, 11) is 3.19. The van der Waals surface area contributed by atoms with Crippen molar-refractivity contribution < 1.29 is 18.7 Å². The molecule has 0 spiro atoms. The smallest absolute Gasteiger partial charge is 0.263 e. The number of methoxy groups -OCH3 is 2. The molecule has 0 aliphatic carbocycles. The normalized spacial score (nSPS) is 11.9. The van der Waals surface area contributed by atoms with Crippen LogP contribution < -0.4 is 14.8 Å². The molecule has 2 heterocycles. The molecule has 2 aromatic heterocycles. The van der Waals surface area contributed by atoms with Gasteiger partial charge in [-0.15, -0.1) is 11.3 Å². The molecular formula is C21H24N2O4S. The summed E-state index contributed by atoms with van der Waals surface area (Å²) in [6, 6.07) is 9.45. The molecule has 148 valence electrons. The maximum absolute atomic E-state index is 12.7. The Morgan fingerprint density at radius 3 is 2.71 bits per heavy atom. The van der Waals surface area contributed by atoms with E-state index in [1.165, 1.54) is 11.3 Å². The van der Waals surface area contributed by atoms with Gasteiger partial charge in [-0.25, -0.2) is 4.98 Å². The number of carbonyl (C=O) groups excluding carboxylic acids is 1. The van der Waals surface area contributed by atoms with Gasteiger partial charge in [0.1, 0.15) is 15.6 Å². The number of ether oxygens (including phenoxy) is 2. The Hall–Kier alpha value is -2.80. The highest BCUT2D eigenvalue weighted by molar-refractivity contribution is 7.17. The molecule has 1 N–H and O–H groups in total. The molecule has 1 amide bonds. The first-order chi connectivity index (χ1) is 13.5. The number of aryl methyl sites for hydroxylation is 2. The average molecular weight is 401 g/mol. The summed E-state index contributed by atoms with van der Waals surface area (Å²) >= 11 is 1.37. The van der Waals surface area contributed by atoms with Crippen molar-refractivity contribution in [1.29, 1.82) is 0 Å². The molecule has 0 saturated heterocycles. The zero-order chi connectivity index (χ0) is 20.1. The largest absolute Gasteiger partial charge is 0.493 e. The first-order valence-electron chi connectivity index (χ1n) is 9.05. The molecule has 0 saturated carbocycles. The molecule has 0 aliphatic rings. The van der Waals surface area contributed by atoms with Crippen LogP contribution in [0.2, 0.25) is 0 Å². The summed E-state index contributed by atoms with van der Waals surface area (Å²) in [5.41, 5.74) is 1.60. The number of furan rings is 1. The zero-order valence-corrected chi connectivity index (χ0v) is 17.3. The van der Waals surface area contributed by atoms with Gasteiger partial charge >= 0.3 is 0 Å². The lowest BCUT2D eigenvalue weighted by Crippen LogP contribution is -2.32. The molecule has 0 radical (unpaired) electrons. The second-order valence-electron chi connectivity index (χ2n) is 6.50. The van der Waals surface area contributed by atoms with Crippen molar-refractivity contribution in [2.45, 2.75) is 32.7 Å². The Bertz CT molecular complexity index is 934. The van der Waals surface area contributed by atoms with E-state index in [1.54, 1.807) is 20.5 Å². The number of nitrogens with zero attached hydrogens (tertiary/aromatic N) is 1. The molecule has 0 bridgehead atoms. The molecule has 1 aromatic carbocycles. The molecular weight excluding hydrogens is 376 g/mol. The van der Waals surface area contributed by atoms with E-state index in [1.807, 2.05) is 44.2 Å². The van der Waals surface area contributed by atoms with Crippen molar-refractivity contribution in [2.24, 2.45) is 0 Å². The molecule has 3 rings (SSSR count). The van der Waals surface area contributed by atoms with Crippen LogP contribution in [0.3, 0.4) is 0 Å². The highest BCUT2D eigenvalue weighted by Gasteiger charge is 2.19. The zero-order valence-electron chi connectivity index (χ0n) is 16.4. The molecule has 0 fully saturated rings. The fraction of sp³-hybridized carbons (Fsp3) is 0.333. The van der Waals surface area contributed by atoms with Gasteiger partial charge in [-0.1, -0.05) is 0 Å². The maximum Gasteiger partial charge on any atom is 0.263 e. The minimum atomic E-state index is -0.103. The lowest BCUT2D eigenvalue weighted by Gasteiger charge is -2.12. The lowest BCUT2D eigenvalue weighted by atomic mass is 10.1. The molecule has 28 heavy (non-hydrogen) atoms. The van der Waals surface area contributed by atoms with Crippen molar-refractivity contribution >= 4 is 17.2 Å². The molecule has 1 unspecified atom stereocenters. The van der Waals surface area contributed by atoms with Gasteiger partial charge in [-0.05, 0) is 50.6 Å². The maximum atomic E-state index is 12.7. The molecule has 7 heteroatoms. The van der Waals surface area contributed by atoms with Crippen LogP contribution in [0.15, 0.2) is 41.0 Å². The van der Waals surface area contributed by atoms with E-state index in [9.17, 15) is 4.79 Å². The third-order valence-electron chi connectivity index (χ3n) is 4.41. The van der Waals surface area contributed by atoms with E-state index < -0.39 is 0 Å². The molecule has 0 aliphatic heterocycles. The summed E-state index contributed by atoms with van der Waals surface area (Å²) in [5, 5.41) is 3.82. The van der Waals surface area contributed by atoms with Crippen LogP contribution in [-0.4, -0.2) is 31.2 Å². The van der Waals surface area contributed by atoms with Crippen molar-refractivity contribution in [3.8, 4) is 22.1 Å². The number of carbonyl (C=O) groups is 1. The summed E-state index contributed by atoms with van der Waals surface area (Å²) in [5.74, 6) is 2.10. The Kier molecular flexibility index (Phi) is 6.36. The fourth-order valence-corrected chi connectivity index (χ4v) is 3.84. The number of aromatic nitrogens is 1. The summed E-state index contributed by atoms with van der Waals surface area (Å²) in [6.45, 7) is 3.84. The van der Waals surface area contributed by atoms with Crippen LogP contribution in [0.1, 0.15) is 34.5 Å². The van der Waals surface area contributed by atoms with Crippen molar-refractivity contribution in [3.63, 3.8) is 0 Å². The Morgan fingerprint density at radius 2 is 2.04 bits per heavy atom. The highest BCUT2D eigenvalue weighted by Crippen LogP contribution is 2.35. The van der Waals surface area contributed by atoms with Gasteiger partial charge in [0, 0.05) is 18.0 Å². The van der Waals surface area contributed by atoms with E-state index in [0.29, 0.717) is 22.1 Å². The van der Waals surface area contributed by atoms with Gasteiger partial charge in [0.05, 0.1) is 26.2 Å². The summed E-state index contributed by atoms with van der Waals surface area (Å²) in [6.07, 6.45) is 3.25. The van der Waals surface area contributed by atoms with E-state index in [4.69, 9.17) is 13.9 Å². The van der Waals surface area contributed by atoms with Gasteiger partial charge in [-0.2, -0.15) is 0 Å². The lowest BCUT2D eigenvalue weighted by molar-refractivity contribution is 0.0941. The first kappa shape index (κ1) is 19.9. The van der Waals surface area contributed by atoms with Gasteiger partial charge in [0.2, 0.25) is 0 Å². The first-order valence-corrected chi connectivity index (χ1v) is 9.86. The van der Waals surface area contributed by atoms with Crippen molar-refractivity contribution in [3.05, 3.63) is 52.9 Å². The molecule has 3 aromatic rings. The van der Waals surface area contributed by atoms with Crippen LogP contribution in [0.5, 0.6) is 11.5 Å². The standard InChI is InChI=1S/C21H24N2O4S/c1-13(7-9-16-6-5-11-27-16)22-20(24)19-14(2)23-21(28-19)15-8-10-17(25-3)18(12-15)26-4/h5-6,8,10-13H,7,9H2,1-4H3,(H,22,24). The number of hydrogen-bond donors (Lipinski definition) is 1. The monoisotopic (exact) mass is 400 g/mol. The average Bonchev–Trinajstić information content (AvgIpc) is 3.35. The van der Waals surface area contributed by atoms with Gasteiger partial charge in [0.15, 0.2) is 11.5 Å². The fourth-order valence-electron chi connectivity index (χ4n) is 2.87. The Morgan fingerprint density at radius 1 is 1.25 bits per heavy atom. The quantitative estimate of drug-likeness (QED) is 0.603. The topological polar surface area (TPSA) is 73.6 Å². The number of nitrogens with one attached hydrogen (secondary N) is 1. The van der Waals surface area contributed by atoms with Crippen LogP contribution in [-0.2, 0) is 6.42 Å². The number of rotatable bonds is 8. The minimum Gasteiger partial charge on any atom is -0.493 e. The number of thiazole rings is 1. The predicted octanol–water partition coefficient (Wildman–Crippen LogP) is 4.48. The van der Waals surface area contributed by atoms with Crippen LogP contribution in [0.4, 0.5) is 0 Å². The number of amides is 1. The Balaban J connectivity index is 1.70. The van der Waals surface area contributed by atoms with Gasteiger partial charge in [0.25, 0.3) is 5.91 Å². The molecule has 1 atom stereocenters. The molecule has 6 nitrogen and oxygen atoms in total. The third kappa shape index (κ3) is 4.54.